The van der Waals surface area contributed by atoms with Gasteiger partial charge in [-0.2, -0.15) is 0 Å². The molecule has 0 aliphatic rings. The van der Waals surface area contributed by atoms with Gasteiger partial charge in [-0.05, 0) is 0 Å². The van der Waals surface area contributed by atoms with Crippen molar-refractivity contribution in [1.29, 1.82) is 0 Å². The smallest absolute Gasteiger partial charge is 0.0411 e. The second-order valence-corrected chi connectivity index (χ2v) is 27.4. The van der Waals surface area contributed by atoms with Crippen molar-refractivity contribution in [3.63, 3.8) is 0 Å². The zero-order valence-corrected chi connectivity index (χ0v) is 24.0. The second kappa shape index (κ2) is 22.4. The Morgan fingerprint density at radius 1 is 0.500 bits per heavy atom. The fourth-order valence-corrected chi connectivity index (χ4v) is 0. The molecule has 0 aliphatic carbocycles. The third kappa shape index (κ3) is 5310. The number of hydrogen-bond donors (Lipinski definition) is 0. The molecule has 0 bridgehead atoms. The minimum Gasteiger partial charge on any atom is -0.0750 e. The van der Waals surface area contributed by atoms with E-state index in [0.717, 1.165) is 0 Å². The van der Waals surface area contributed by atoms with E-state index in [0.29, 0.717) is 19.0 Å². The molecule has 0 heterocycles. The molecular weight excluding hydrogens is 321 g/mol. The normalized spacial score (nSPS) is 9.60. The monoisotopic (exact) mass is 370 g/mol. The van der Waals surface area contributed by atoms with Crippen LogP contribution >= 0.6 is 0 Å². The van der Waals surface area contributed by atoms with E-state index in [4.69, 9.17) is 0 Å². The summed E-state index contributed by atoms with van der Waals surface area (Å²) in [5.41, 5.74) is 0. The third-order valence-corrected chi connectivity index (χ3v) is 0. The third-order valence-electron chi connectivity index (χ3n) is 0. The minimum atomic E-state index is -0.611. The first-order valence-corrected chi connectivity index (χ1v) is 25.7. The van der Waals surface area contributed by atoms with Crippen LogP contribution in [0.5, 0.6) is 0 Å². The van der Waals surface area contributed by atoms with Crippen molar-refractivity contribution in [2.45, 2.75) is 98.2 Å². The molecule has 0 saturated heterocycles. The van der Waals surface area contributed by atoms with E-state index in [2.05, 4.69) is 98.2 Å². The Kier molecular flexibility index (Phi) is 36.8. The lowest BCUT2D eigenvalue weighted by atomic mass is 11.8. The fraction of sp³-hybridized carbons (Fsp3) is 1.00. The summed E-state index contributed by atoms with van der Waals surface area (Å²) in [6.45, 7) is 34.6. The Balaban J connectivity index is -0.0000000478. The van der Waals surface area contributed by atoms with Gasteiger partial charge >= 0.3 is 0 Å². The van der Waals surface area contributed by atoms with E-state index in [9.17, 15) is 0 Å². The maximum Gasteiger partial charge on any atom is 0.0411 e. The van der Waals surface area contributed by atoms with Crippen LogP contribution in [0.2, 0.25) is 98.2 Å². The van der Waals surface area contributed by atoms with Crippen molar-refractivity contribution in [3.05, 3.63) is 0 Å². The summed E-state index contributed by atoms with van der Waals surface area (Å²) in [6, 6.07) is 0. The van der Waals surface area contributed by atoms with Gasteiger partial charge < -0.3 is 0 Å². The lowest BCUT2D eigenvalue weighted by molar-refractivity contribution is 1.71. The highest BCUT2D eigenvalue weighted by molar-refractivity contribution is 6.75. The highest BCUT2D eigenvalue weighted by Gasteiger charge is 1.99. The topological polar surface area (TPSA) is 0 Å². The van der Waals surface area contributed by atoms with Crippen LogP contribution in [-0.4, -0.2) is 44.0 Å². The Labute approximate surface area is 142 Å². The van der Waals surface area contributed by atoms with Crippen LogP contribution in [0.3, 0.4) is 0 Å². The van der Waals surface area contributed by atoms with E-state index in [1.807, 2.05) is 0 Å². The molecular formula is C15H50Si5. The van der Waals surface area contributed by atoms with E-state index < -0.39 is 16.1 Å². The molecule has 5 heteroatoms. The molecule has 0 radical (unpaired) electrons. The minimum absolute atomic E-state index is 0.139. The van der Waals surface area contributed by atoms with Crippen LogP contribution in [0.4, 0.5) is 0 Å². The Morgan fingerprint density at radius 3 is 0.500 bits per heavy atom. The lowest BCUT2D eigenvalue weighted by Gasteiger charge is -2.01. The SMILES string of the molecule is C[SiH2]C.C[SiH2]C.C[SiH](C)C.C[Si](C)(C)C.C[Si](C)(C)C. The van der Waals surface area contributed by atoms with Crippen molar-refractivity contribution >= 4 is 44.0 Å². The molecule has 0 saturated carbocycles. The molecule has 0 aliphatic heterocycles. The van der Waals surface area contributed by atoms with Crippen molar-refractivity contribution in [1.82, 2.24) is 0 Å². The highest BCUT2D eigenvalue weighted by Crippen LogP contribution is 1.95. The van der Waals surface area contributed by atoms with Crippen molar-refractivity contribution in [2.75, 3.05) is 0 Å². The summed E-state index contributed by atoms with van der Waals surface area (Å²) in [6.07, 6.45) is 0. The first kappa shape index (κ1) is 32.9. The molecule has 0 rings (SSSR count). The zero-order chi connectivity index (χ0) is 18.0. The molecule has 0 atom stereocenters. The first-order chi connectivity index (χ1) is 8.56. The maximum atomic E-state index is 2.33. The van der Waals surface area contributed by atoms with Gasteiger partial charge in [-0.3, -0.25) is 0 Å². The average molecular weight is 371 g/mol. The maximum absolute atomic E-state index is 2.33. The Morgan fingerprint density at radius 2 is 0.500 bits per heavy atom. The Hall–Kier alpha value is 1.08. The zero-order valence-electron chi connectivity index (χ0n) is 18.0. The molecule has 0 aromatic heterocycles. The molecule has 0 fully saturated rings. The van der Waals surface area contributed by atoms with Gasteiger partial charge in [-0.25, -0.2) is 0 Å². The largest absolute Gasteiger partial charge is 0.0750 e. The molecule has 0 nitrogen and oxygen atoms in total. The molecule has 0 amide bonds. The molecule has 130 valence electrons. The van der Waals surface area contributed by atoms with Crippen LogP contribution in [0.25, 0.3) is 0 Å². The van der Waals surface area contributed by atoms with Crippen LogP contribution in [0, 0.1) is 0 Å². The van der Waals surface area contributed by atoms with Crippen molar-refractivity contribution < 1.29 is 0 Å². The first-order valence-electron chi connectivity index (χ1n) is 8.56. The lowest BCUT2D eigenvalue weighted by Crippen LogP contribution is -2.10. The van der Waals surface area contributed by atoms with Crippen LogP contribution in [-0.2, 0) is 0 Å². The Bertz CT molecular complexity index is 105. The van der Waals surface area contributed by atoms with Gasteiger partial charge in [0.15, 0.2) is 0 Å². The summed E-state index contributed by atoms with van der Waals surface area (Å²) in [7, 11) is -0.528. The van der Waals surface area contributed by atoms with Crippen LogP contribution < -0.4 is 0 Å². The number of hydrogen-bond acceptors (Lipinski definition) is 0. The van der Waals surface area contributed by atoms with Gasteiger partial charge in [0.2, 0.25) is 0 Å². The summed E-state index contributed by atoms with van der Waals surface area (Å²) in [5, 5.41) is 0. The van der Waals surface area contributed by atoms with Gasteiger partial charge in [-0.15, -0.1) is 0 Å². The predicted molar refractivity (Wildman–Crippen MR) is 124 cm³/mol. The van der Waals surface area contributed by atoms with E-state index in [1.165, 1.54) is 0 Å². The van der Waals surface area contributed by atoms with E-state index in [-0.39, 0.29) is 8.80 Å². The second-order valence-electron chi connectivity index (χ2n) is 9.15. The summed E-state index contributed by atoms with van der Waals surface area (Å²) in [5.74, 6) is 0. The van der Waals surface area contributed by atoms with Gasteiger partial charge in [0.25, 0.3) is 0 Å². The van der Waals surface area contributed by atoms with Gasteiger partial charge in [0.05, 0.1) is 0 Å². The predicted octanol–water partition coefficient (Wildman–Crippen LogP) is 5.51. The molecule has 0 spiro atoms. The number of rotatable bonds is 0. The van der Waals surface area contributed by atoms with E-state index in [1.54, 1.807) is 0 Å². The highest BCUT2D eigenvalue weighted by atomic mass is 28.3. The van der Waals surface area contributed by atoms with Gasteiger partial charge in [0.1, 0.15) is 0 Å². The molecule has 0 aromatic carbocycles. The van der Waals surface area contributed by atoms with Crippen molar-refractivity contribution in [2.24, 2.45) is 0 Å². The van der Waals surface area contributed by atoms with Crippen molar-refractivity contribution in [3.8, 4) is 0 Å². The molecule has 20 heavy (non-hydrogen) atoms. The summed E-state index contributed by atoms with van der Waals surface area (Å²) in [4.78, 5) is 0. The molecule has 0 N–H and O–H groups in total. The average Bonchev–Trinajstić information content (AvgIpc) is 1.96. The summed E-state index contributed by atoms with van der Waals surface area (Å²) >= 11 is 0. The van der Waals surface area contributed by atoms with Gasteiger partial charge in [0, 0.05) is 44.0 Å². The quantitative estimate of drug-likeness (QED) is 0.493. The standard InChI is InChI=1S/2C4H12Si.C3H10Si.2C2H8Si/c2*1-5(2,3)4;1-4(2)3;2*1-3-2/h2*1-4H3;4H,1-3H3;2*3H2,1-2H3. The van der Waals surface area contributed by atoms with E-state index >= 15 is 0 Å². The molecule has 0 unspecified atom stereocenters. The summed E-state index contributed by atoms with van der Waals surface area (Å²) < 4.78 is 0. The van der Waals surface area contributed by atoms with Crippen LogP contribution in [0.15, 0.2) is 0 Å². The van der Waals surface area contributed by atoms with Gasteiger partial charge in [-0.1, -0.05) is 98.2 Å². The molecule has 0 aromatic rings. The van der Waals surface area contributed by atoms with Crippen LogP contribution in [0.1, 0.15) is 0 Å². The fourth-order valence-electron chi connectivity index (χ4n) is 0.